The molecule has 0 radical (unpaired) electrons. The summed E-state index contributed by atoms with van der Waals surface area (Å²) in [6.45, 7) is 7.08. The first-order valence-corrected chi connectivity index (χ1v) is 9.58. The molecule has 2 aromatic heterocycles. The molecule has 3 heterocycles. The van der Waals surface area contributed by atoms with Gasteiger partial charge in [0.2, 0.25) is 5.91 Å². The topological polar surface area (TPSA) is 97.0 Å². The van der Waals surface area contributed by atoms with Gasteiger partial charge in [-0.2, -0.15) is 0 Å². The second kappa shape index (κ2) is 8.82. The zero-order valence-electron chi connectivity index (χ0n) is 16.5. The highest BCUT2D eigenvalue weighted by Crippen LogP contribution is 2.24. The first kappa shape index (κ1) is 19.8. The van der Waals surface area contributed by atoms with Crippen LogP contribution in [0, 0.1) is 12.8 Å². The molecule has 1 aliphatic rings. The average Bonchev–Trinajstić information content (AvgIpc) is 2.69. The average molecular weight is 382 g/mol. The Labute approximate surface area is 164 Å². The van der Waals surface area contributed by atoms with Crippen molar-refractivity contribution in [3.8, 4) is 11.5 Å². The van der Waals surface area contributed by atoms with E-state index in [2.05, 4.69) is 34.1 Å². The minimum atomic E-state index is -0.314. The molecule has 7 nitrogen and oxygen atoms in total. The van der Waals surface area contributed by atoms with Gasteiger partial charge in [0.15, 0.2) is 5.82 Å². The molecule has 0 bridgehead atoms. The number of nitrogens with zero attached hydrogens (tertiary/aromatic N) is 2. The summed E-state index contributed by atoms with van der Waals surface area (Å²) >= 11 is 0. The summed E-state index contributed by atoms with van der Waals surface area (Å²) < 4.78 is 5.75. The van der Waals surface area contributed by atoms with E-state index in [1.54, 1.807) is 25.3 Å². The standard InChI is InChI=1S/C21H26N4O3/c1-13(2)19-15(7-6-10-28-19)12-23-18(26)11-16-14(3)24-20(25-21(16)27)17-8-4-5-9-22-17/h4-5,8-9,13H,6-7,10-12H2,1-3H3,(H,23,26)(H,24,25,27). The number of aromatic amines is 1. The maximum atomic E-state index is 12.5. The normalized spacial score (nSPS) is 14.1. The number of nitrogens with one attached hydrogen (secondary N) is 2. The third kappa shape index (κ3) is 4.65. The number of allylic oxidation sites excluding steroid dienone is 1. The summed E-state index contributed by atoms with van der Waals surface area (Å²) in [7, 11) is 0. The van der Waals surface area contributed by atoms with Crippen molar-refractivity contribution in [1.82, 2.24) is 20.3 Å². The second-order valence-electron chi connectivity index (χ2n) is 7.22. The summed E-state index contributed by atoms with van der Waals surface area (Å²) in [4.78, 5) is 36.2. The Morgan fingerprint density at radius 3 is 2.86 bits per heavy atom. The van der Waals surface area contributed by atoms with Gasteiger partial charge < -0.3 is 15.0 Å². The van der Waals surface area contributed by atoms with Gasteiger partial charge in [-0.3, -0.25) is 14.6 Å². The molecule has 1 aliphatic heterocycles. The highest BCUT2D eigenvalue weighted by atomic mass is 16.5. The molecule has 0 fully saturated rings. The van der Waals surface area contributed by atoms with E-state index in [0.717, 1.165) is 30.8 Å². The summed E-state index contributed by atoms with van der Waals surface area (Å²) in [6, 6.07) is 5.40. The number of H-pyrrole nitrogens is 1. The number of rotatable bonds is 6. The van der Waals surface area contributed by atoms with Gasteiger partial charge >= 0.3 is 0 Å². The Morgan fingerprint density at radius 2 is 2.18 bits per heavy atom. The zero-order chi connectivity index (χ0) is 20.1. The smallest absolute Gasteiger partial charge is 0.255 e. The summed E-state index contributed by atoms with van der Waals surface area (Å²) in [5, 5.41) is 2.92. The molecule has 2 N–H and O–H groups in total. The fourth-order valence-corrected chi connectivity index (χ4v) is 3.31. The van der Waals surface area contributed by atoms with Crippen LogP contribution in [0.5, 0.6) is 0 Å². The number of hydrogen-bond donors (Lipinski definition) is 2. The largest absolute Gasteiger partial charge is 0.498 e. The molecule has 0 saturated heterocycles. The van der Waals surface area contributed by atoms with Crippen LogP contribution in [0.25, 0.3) is 11.5 Å². The van der Waals surface area contributed by atoms with Crippen LogP contribution in [0.15, 0.2) is 40.5 Å². The molecule has 2 aromatic rings. The van der Waals surface area contributed by atoms with Crippen molar-refractivity contribution in [2.75, 3.05) is 13.2 Å². The fraction of sp³-hybridized carbons (Fsp3) is 0.429. The lowest BCUT2D eigenvalue weighted by Gasteiger charge is -2.24. The molecule has 3 rings (SSSR count). The molecule has 1 amide bonds. The van der Waals surface area contributed by atoms with E-state index < -0.39 is 0 Å². The van der Waals surface area contributed by atoms with E-state index in [4.69, 9.17) is 4.74 Å². The Kier molecular flexibility index (Phi) is 6.23. The SMILES string of the molecule is Cc1nc(-c2ccccn2)[nH]c(=O)c1CC(=O)NCC1=C(C(C)C)OCCC1. The lowest BCUT2D eigenvalue weighted by molar-refractivity contribution is -0.120. The van der Waals surface area contributed by atoms with Crippen LogP contribution >= 0.6 is 0 Å². The number of hydrogen-bond acceptors (Lipinski definition) is 5. The quantitative estimate of drug-likeness (QED) is 0.800. The van der Waals surface area contributed by atoms with Gasteiger partial charge in [-0.05, 0) is 37.5 Å². The maximum absolute atomic E-state index is 12.5. The van der Waals surface area contributed by atoms with Gasteiger partial charge in [0.05, 0.1) is 18.8 Å². The monoisotopic (exact) mass is 382 g/mol. The third-order valence-electron chi connectivity index (χ3n) is 4.72. The highest BCUT2D eigenvalue weighted by Gasteiger charge is 2.18. The number of carbonyl (C=O) groups excluding carboxylic acids is 1. The zero-order valence-corrected chi connectivity index (χ0v) is 16.5. The van der Waals surface area contributed by atoms with Crippen molar-refractivity contribution in [1.29, 1.82) is 0 Å². The number of pyridine rings is 1. The number of ether oxygens (including phenoxy) is 1. The van der Waals surface area contributed by atoms with Gasteiger partial charge in [-0.15, -0.1) is 0 Å². The number of aromatic nitrogens is 3. The van der Waals surface area contributed by atoms with Crippen LogP contribution in [-0.4, -0.2) is 34.0 Å². The molecule has 0 aromatic carbocycles. The van der Waals surface area contributed by atoms with Gasteiger partial charge in [-0.25, -0.2) is 4.98 Å². The van der Waals surface area contributed by atoms with Gasteiger partial charge in [0.1, 0.15) is 5.69 Å². The van der Waals surface area contributed by atoms with E-state index in [9.17, 15) is 9.59 Å². The molecule has 0 atom stereocenters. The highest BCUT2D eigenvalue weighted by molar-refractivity contribution is 5.79. The minimum absolute atomic E-state index is 0.0121. The van der Waals surface area contributed by atoms with Gasteiger partial charge in [0.25, 0.3) is 5.56 Å². The molecule has 0 aliphatic carbocycles. The Hall–Kier alpha value is -2.96. The van der Waals surface area contributed by atoms with Crippen LogP contribution in [0.2, 0.25) is 0 Å². The molecule has 0 spiro atoms. The van der Waals surface area contributed by atoms with Gasteiger partial charge in [-0.1, -0.05) is 19.9 Å². The molecule has 0 unspecified atom stereocenters. The van der Waals surface area contributed by atoms with E-state index in [1.807, 2.05) is 6.07 Å². The van der Waals surface area contributed by atoms with E-state index in [1.165, 1.54) is 0 Å². The Bertz CT molecular complexity index is 932. The number of carbonyl (C=O) groups is 1. The second-order valence-corrected chi connectivity index (χ2v) is 7.22. The first-order chi connectivity index (χ1) is 13.5. The molecular formula is C21H26N4O3. The van der Waals surface area contributed by atoms with Crippen molar-refractivity contribution in [2.24, 2.45) is 5.92 Å². The summed E-state index contributed by atoms with van der Waals surface area (Å²) in [6.07, 6.45) is 3.51. The van der Waals surface area contributed by atoms with Crippen molar-refractivity contribution < 1.29 is 9.53 Å². The van der Waals surface area contributed by atoms with Crippen LogP contribution in [0.1, 0.15) is 37.9 Å². The first-order valence-electron chi connectivity index (χ1n) is 9.58. The van der Waals surface area contributed by atoms with Crippen LogP contribution in [0.4, 0.5) is 0 Å². The molecule has 28 heavy (non-hydrogen) atoms. The lowest BCUT2D eigenvalue weighted by atomic mass is 10.00. The van der Waals surface area contributed by atoms with Crippen molar-refractivity contribution in [3.63, 3.8) is 0 Å². The van der Waals surface area contributed by atoms with Crippen molar-refractivity contribution in [3.05, 3.63) is 57.3 Å². The predicted octanol–water partition coefficient (Wildman–Crippen LogP) is 2.52. The Balaban J connectivity index is 1.70. The van der Waals surface area contributed by atoms with E-state index in [0.29, 0.717) is 35.2 Å². The summed E-state index contributed by atoms with van der Waals surface area (Å²) in [5.41, 5.74) is 2.30. The van der Waals surface area contributed by atoms with E-state index in [-0.39, 0.29) is 17.9 Å². The molecule has 0 saturated carbocycles. The maximum Gasteiger partial charge on any atom is 0.255 e. The van der Waals surface area contributed by atoms with E-state index >= 15 is 0 Å². The third-order valence-corrected chi connectivity index (χ3v) is 4.72. The lowest BCUT2D eigenvalue weighted by Crippen LogP contribution is -2.32. The predicted molar refractivity (Wildman–Crippen MR) is 107 cm³/mol. The van der Waals surface area contributed by atoms with Crippen molar-refractivity contribution >= 4 is 5.91 Å². The molecular weight excluding hydrogens is 356 g/mol. The van der Waals surface area contributed by atoms with Crippen LogP contribution in [0.3, 0.4) is 0 Å². The van der Waals surface area contributed by atoms with Crippen molar-refractivity contribution in [2.45, 2.75) is 40.0 Å². The Morgan fingerprint density at radius 1 is 1.36 bits per heavy atom. The van der Waals surface area contributed by atoms with Crippen LogP contribution < -0.4 is 10.9 Å². The minimum Gasteiger partial charge on any atom is -0.498 e. The summed E-state index contributed by atoms with van der Waals surface area (Å²) in [5.74, 6) is 1.46. The molecule has 148 valence electrons. The molecule has 7 heteroatoms. The van der Waals surface area contributed by atoms with Crippen LogP contribution in [-0.2, 0) is 16.0 Å². The number of aryl methyl sites for hydroxylation is 1. The fourth-order valence-electron chi connectivity index (χ4n) is 3.31. The van der Waals surface area contributed by atoms with Gasteiger partial charge in [0, 0.05) is 29.9 Å². The number of amides is 1.